The summed E-state index contributed by atoms with van der Waals surface area (Å²) in [7, 11) is 2.15. The van der Waals surface area contributed by atoms with E-state index in [4.69, 9.17) is 0 Å². The number of aromatic nitrogens is 2. The Balaban J connectivity index is 1.89. The SMILES string of the molecule is CN1CCCC[C@H]1[C@H]1CNc2cc(F)cc3c(=O)[nH]nc1c23. The standard InChI is InChI=1S/C16H19FN4O/c1-21-5-3-2-4-13(21)11-8-18-12-7-9(17)6-10-14(12)15(11)19-20-16(10)22/h6-7,11,13,18H,2-5,8H2,1H3,(H,20,22)/t11-,13+/m1/s1. The molecule has 3 heterocycles. The number of nitrogens with one attached hydrogen (secondary N) is 2. The van der Waals surface area contributed by atoms with E-state index < -0.39 is 5.82 Å². The highest BCUT2D eigenvalue weighted by Crippen LogP contribution is 2.38. The number of H-pyrrole nitrogens is 1. The Hall–Kier alpha value is -1.95. The van der Waals surface area contributed by atoms with E-state index >= 15 is 0 Å². The minimum Gasteiger partial charge on any atom is -0.384 e. The number of aromatic amines is 1. The van der Waals surface area contributed by atoms with Crippen LogP contribution in [0.2, 0.25) is 0 Å². The smallest absolute Gasteiger partial charge is 0.272 e. The lowest BCUT2D eigenvalue weighted by molar-refractivity contribution is 0.160. The number of halogens is 1. The van der Waals surface area contributed by atoms with Crippen molar-refractivity contribution < 1.29 is 4.39 Å². The summed E-state index contributed by atoms with van der Waals surface area (Å²) in [5.41, 5.74) is 1.24. The van der Waals surface area contributed by atoms with Gasteiger partial charge in [-0.15, -0.1) is 0 Å². The van der Waals surface area contributed by atoms with Gasteiger partial charge in [-0.2, -0.15) is 5.10 Å². The average Bonchev–Trinajstić information content (AvgIpc) is 2.51. The van der Waals surface area contributed by atoms with E-state index in [0.717, 1.165) is 30.6 Å². The molecule has 0 radical (unpaired) electrons. The molecule has 1 saturated heterocycles. The van der Waals surface area contributed by atoms with Gasteiger partial charge in [0, 0.05) is 29.6 Å². The third kappa shape index (κ3) is 2.01. The van der Waals surface area contributed by atoms with Gasteiger partial charge in [0.1, 0.15) is 5.82 Å². The Morgan fingerprint density at radius 3 is 3.05 bits per heavy atom. The maximum atomic E-state index is 13.7. The normalized spacial score (nSPS) is 25.2. The van der Waals surface area contributed by atoms with E-state index in [-0.39, 0.29) is 11.5 Å². The molecule has 0 amide bonds. The Morgan fingerprint density at radius 1 is 1.36 bits per heavy atom. The summed E-state index contributed by atoms with van der Waals surface area (Å²) in [6, 6.07) is 3.16. The van der Waals surface area contributed by atoms with Gasteiger partial charge in [0.25, 0.3) is 5.56 Å². The fourth-order valence-corrected chi connectivity index (χ4v) is 3.94. The van der Waals surface area contributed by atoms with Crippen molar-refractivity contribution in [2.45, 2.75) is 31.2 Å². The van der Waals surface area contributed by atoms with Crippen LogP contribution < -0.4 is 10.9 Å². The molecule has 2 aliphatic heterocycles. The minimum atomic E-state index is -0.397. The van der Waals surface area contributed by atoms with Gasteiger partial charge in [-0.1, -0.05) is 6.42 Å². The summed E-state index contributed by atoms with van der Waals surface area (Å²) < 4.78 is 13.7. The number of benzene rings is 1. The summed E-state index contributed by atoms with van der Waals surface area (Å²) in [6.07, 6.45) is 3.57. The lowest BCUT2D eigenvalue weighted by atomic mass is 9.84. The first kappa shape index (κ1) is 13.7. The van der Waals surface area contributed by atoms with Crippen molar-refractivity contribution in [3.63, 3.8) is 0 Å². The highest BCUT2D eigenvalue weighted by atomic mass is 19.1. The zero-order valence-corrected chi connectivity index (χ0v) is 12.5. The summed E-state index contributed by atoms with van der Waals surface area (Å²) in [5.74, 6) is -0.187. The number of nitrogens with zero attached hydrogens (tertiary/aromatic N) is 2. The highest BCUT2D eigenvalue weighted by Gasteiger charge is 2.34. The Morgan fingerprint density at radius 2 is 2.23 bits per heavy atom. The first-order valence-corrected chi connectivity index (χ1v) is 7.81. The first-order chi connectivity index (χ1) is 10.6. The molecule has 4 rings (SSSR count). The molecular weight excluding hydrogens is 283 g/mol. The van der Waals surface area contributed by atoms with Gasteiger partial charge in [0.05, 0.1) is 11.1 Å². The van der Waals surface area contributed by atoms with Gasteiger partial charge in [0.2, 0.25) is 0 Å². The number of piperidine rings is 1. The molecule has 1 aromatic carbocycles. The first-order valence-electron chi connectivity index (χ1n) is 7.81. The molecule has 2 N–H and O–H groups in total. The molecule has 1 aromatic heterocycles. The molecule has 6 heteroatoms. The molecule has 5 nitrogen and oxygen atoms in total. The van der Waals surface area contributed by atoms with E-state index in [0.29, 0.717) is 17.1 Å². The number of likely N-dealkylation sites (tertiary alicyclic amines) is 1. The third-order valence-corrected chi connectivity index (χ3v) is 5.04. The Kier molecular flexibility index (Phi) is 3.14. The van der Waals surface area contributed by atoms with Crippen molar-refractivity contribution in [2.24, 2.45) is 0 Å². The predicted molar refractivity (Wildman–Crippen MR) is 83.8 cm³/mol. The number of rotatable bonds is 1. The quantitative estimate of drug-likeness (QED) is 0.846. The molecular formula is C16H19FN4O. The number of likely N-dealkylation sites (N-methyl/N-ethyl adjacent to an activating group) is 1. The van der Waals surface area contributed by atoms with Crippen molar-refractivity contribution in [1.29, 1.82) is 0 Å². The molecule has 116 valence electrons. The van der Waals surface area contributed by atoms with Gasteiger partial charge in [-0.25, -0.2) is 9.49 Å². The summed E-state index contributed by atoms with van der Waals surface area (Å²) in [5, 5.41) is 11.3. The van der Waals surface area contributed by atoms with Crippen LogP contribution in [0.25, 0.3) is 10.8 Å². The van der Waals surface area contributed by atoms with Gasteiger partial charge in [-0.05, 0) is 38.6 Å². The van der Waals surface area contributed by atoms with Gasteiger partial charge >= 0.3 is 0 Å². The largest absolute Gasteiger partial charge is 0.384 e. The Labute approximate surface area is 127 Å². The number of hydrogen-bond acceptors (Lipinski definition) is 4. The molecule has 1 fully saturated rings. The number of hydrogen-bond donors (Lipinski definition) is 2. The topological polar surface area (TPSA) is 61.0 Å². The maximum Gasteiger partial charge on any atom is 0.272 e. The fourth-order valence-electron chi connectivity index (χ4n) is 3.94. The molecule has 0 bridgehead atoms. The highest BCUT2D eigenvalue weighted by molar-refractivity contribution is 5.96. The van der Waals surface area contributed by atoms with Gasteiger partial charge < -0.3 is 10.2 Å². The molecule has 22 heavy (non-hydrogen) atoms. The second-order valence-corrected chi connectivity index (χ2v) is 6.35. The zero-order chi connectivity index (χ0) is 15.3. The van der Waals surface area contributed by atoms with E-state index in [1.54, 1.807) is 0 Å². The van der Waals surface area contributed by atoms with Crippen molar-refractivity contribution in [3.05, 3.63) is 34.0 Å². The summed E-state index contributed by atoms with van der Waals surface area (Å²) in [4.78, 5) is 14.4. The molecule has 0 unspecified atom stereocenters. The van der Waals surface area contributed by atoms with Crippen LogP contribution >= 0.6 is 0 Å². The van der Waals surface area contributed by atoms with E-state index in [9.17, 15) is 9.18 Å². The molecule has 0 spiro atoms. The van der Waals surface area contributed by atoms with Crippen molar-refractivity contribution >= 4 is 16.5 Å². The van der Waals surface area contributed by atoms with Crippen LogP contribution in [0.5, 0.6) is 0 Å². The van der Waals surface area contributed by atoms with Crippen molar-refractivity contribution in [1.82, 2.24) is 15.1 Å². The summed E-state index contributed by atoms with van der Waals surface area (Å²) >= 11 is 0. The Bertz CT molecular complexity index is 788. The van der Waals surface area contributed by atoms with Crippen LogP contribution in [-0.4, -0.2) is 41.3 Å². The second-order valence-electron chi connectivity index (χ2n) is 6.35. The molecule has 2 aromatic rings. The van der Waals surface area contributed by atoms with E-state index in [1.165, 1.54) is 25.0 Å². The second kappa shape index (κ2) is 5.05. The monoisotopic (exact) mass is 302 g/mol. The van der Waals surface area contributed by atoms with E-state index in [1.807, 2.05) is 0 Å². The van der Waals surface area contributed by atoms with Crippen LogP contribution in [0.15, 0.2) is 16.9 Å². The average molecular weight is 302 g/mol. The number of anilines is 1. The maximum absolute atomic E-state index is 13.7. The summed E-state index contributed by atoms with van der Waals surface area (Å²) in [6.45, 7) is 1.81. The molecule has 2 atom stereocenters. The molecule has 0 saturated carbocycles. The van der Waals surface area contributed by atoms with Crippen LogP contribution in [0.4, 0.5) is 10.1 Å². The van der Waals surface area contributed by atoms with Crippen LogP contribution in [0, 0.1) is 5.82 Å². The van der Waals surface area contributed by atoms with Crippen LogP contribution in [0.1, 0.15) is 30.9 Å². The van der Waals surface area contributed by atoms with Gasteiger partial charge in [-0.3, -0.25) is 4.79 Å². The molecule has 0 aliphatic carbocycles. The van der Waals surface area contributed by atoms with Crippen molar-refractivity contribution in [2.75, 3.05) is 25.5 Å². The van der Waals surface area contributed by atoms with Gasteiger partial charge in [0.15, 0.2) is 0 Å². The minimum absolute atomic E-state index is 0.211. The third-order valence-electron chi connectivity index (χ3n) is 5.04. The lowest BCUT2D eigenvalue weighted by Gasteiger charge is -2.39. The van der Waals surface area contributed by atoms with Crippen molar-refractivity contribution in [3.8, 4) is 0 Å². The lowest BCUT2D eigenvalue weighted by Crippen LogP contribution is -2.44. The fraction of sp³-hybridized carbons (Fsp3) is 0.500. The molecule has 2 aliphatic rings. The van der Waals surface area contributed by atoms with E-state index in [2.05, 4.69) is 27.5 Å². The van der Waals surface area contributed by atoms with Crippen LogP contribution in [-0.2, 0) is 0 Å². The van der Waals surface area contributed by atoms with Crippen LogP contribution in [0.3, 0.4) is 0 Å². The zero-order valence-electron chi connectivity index (χ0n) is 12.5. The predicted octanol–water partition coefficient (Wildman–Crippen LogP) is 2.06.